The summed E-state index contributed by atoms with van der Waals surface area (Å²) in [6.45, 7) is 4.66. The summed E-state index contributed by atoms with van der Waals surface area (Å²) in [6, 6.07) is 7.29. The van der Waals surface area contributed by atoms with Gasteiger partial charge in [-0.2, -0.15) is 5.10 Å². The molecular weight excluding hydrogens is 385 g/mol. The SMILES string of the molecule is Cc1cc(C)n(-c2cc(NCCNC(=O)Nc3ccc(F)c(Cl)c3)ncn2)n1. The van der Waals surface area contributed by atoms with E-state index in [0.717, 1.165) is 11.4 Å². The largest absolute Gasteiger partial charge is 0.368 e. The number of aromatic nitrogens is 4. The maximum absolute atomic E-state index is 13.1. The molecule has 0 saturated heterocycles. The Morgan fingerprint density at radius 3 is 2.71 bits per heavy atom. The number of carbonyl (C=O) groups excluding carboxylic acids is 1. The third-order valence-electron chi connectivity index (χ3n) is 3.77. The number of hydrogen-bond acceptors (Lipinski definition) is 5. The molecule has 8 nitrogen and oxygen atoms in total. The molecule has 0 fully saturated rings. The van der Waals surface area contributed by atoms with Gasteiger partial charge in [0.05, 0.1) is 10.7 Å². The van der Waals surface area contributed by atoms with Crippen molar-refractivity contribution in [3.8, 4) is 5.82 Å². The standard InChI is InChI=1S/C18H19ClFN7O/c1-11-7-12(2)27(26-11)17-9-16(23-10-24-17)21-5-6-22-18(28)25-13-3-4-15(20)14(19)8-13/h3-4,7-10H,5-6H2,1-2H3,(H,21,23,24)(H2,22,25,28). The van der Waals surface area contributed by atoms with Crippen LogP contribution in [-0.2, 0) is 0 Å². The molecule has 2 amide bonds. The van der Waals surface area contributed by atoms with Crippen molar-refractivity contribution in [1.82, 2.24) is 25.1 Å². The summed E-state index contributed by atoms with van der Waals surface area (Å²) in [5.74, 6) is 0.730. The summed E-state index contributed by atoms with van der Waals surface area (Å²) < 4.78 is 14.9. The van der Waals surface area contributed by atoms with Crippen molar-refractivity contribution in [3.05, 3.63) is 58.9 Å². The number of halogens is 2. The highest BCUT2D eigenvalue weighted by Gasteiger charge is 2.07. The number of carbonyl (C=O) groups is 1. The van der Waals surface area contributed by atoms with Crippen molar-refractivity contribution in [2.75, 3.05) is 23.7 Å². The summed E-state index contributed by atoms with van der Waals surface area (Å²) in [6.07, 6.45) is 1.45. The van der Waals surface area contributed by atoms with Gasteiger partial charge in [0.1, 0.15) is 18.0 Å². The fourth-order valence-corrected chi connectivity index (χ4v) is 2.72. The van der Waals surface area contributed by atoms with Gasteiger partial charge < -0.3 is 16.0 Å². The quantitative estimate of drug-likeness (QED) is 0.549. The molecule has 10 heteroatoms. The lowest BCUT2D eigenvalue weighted by atomic mass is 10.3. The third kappa shape index (κ3) is 4.95. The fraction of sp³-hybridized carbons (Fsp3) is 0.222. The monoisotopic (exact) mass is 403 g/mol. The Kier molecular flexibility index (Phi) is 6.05. The van der Waals surface area contributed by atoms with Crippen LogP contribution < -0.4 is 16.0 Å². The van der Waals surface area contributed by atoms with Crippen molar-refractivity contribution in [1.29, 1.82) is 0 Å². The minimum atomic E-state index is -0.540. The van der Waals surface area contributed by atoms with E-state index in [-0.39, 0.29) is 5.02 Å². The topological polar surface area (TPSA) is 96.8 Å². The van der Waals surface area contributed by atoms with Gasteiger partial charge in [-0.3, -0.25) is 0 Å². The van der Waals surface area contributed by atoms with Crippen LogP contribution in [0.3, 0.4) is 0 Å². The molecule has 146 valence electrons. The zero-order chi connectivity index (χ0) is 20.1. The number of benzene rings is 1. The van der Waals surface area contributed by atoms with Gasteiger partial charge >= 0.3 is 6.03 Å². The fourth-order valence-electron chi connectivity index (χ4n) is 2.54. The number of rotatable bonds is 6. The molecule has 3 aromatic rings. The Balaban J connectivity index is 1.48. The van der Waals surface area contributed by atoms with E-state index >= 15 is 0 Å². The van der Waals surface area contributed by atoms with Crippen LogP contribution in [0.15, 0.2) is 36.7 Å². The molecule has 0 spiro atoms. The van der Waals surface area contributed by atoms with E-state index < -0.39 is 11.8 Å². The number of nitrogens with zero attached hydrogens (tertiary/aromatic N) is 4. The van der Waals surface area contributed by atoms with Crippen LogP contribution in [0.5, 0.6) is 0 Å². The van der Waals surface area contributed by atoms with E-state index in [9.17, 15) is 9.18 Å². The second kappa shape index (κ2) is 8.66. The van der Waals surface area contributed by atoms with Gasteiger partial charge in [0.15, 0.2) is 5.82 Å². The lowest BCUT2D eigenvalue weighted by molar-refractivity contribution is 0.252. The van der Waals surface area contributed by atoms with E-state index in [1.54, 1.807) is 10.7 Å². The van der Waals surface area contributed by atoms with E-state index in [0.29, 0.717) is 30.4 Å². The Hall–Kier alpha value is -3.20. The number of amides is 2. The predicted octanol–water partition coefficient (Wildman–Crippen LogP) is 3.31. The highest BCUT2D eigenvalue weighted by Crippen LogP contribution is 2.19. The first-order chi connectivity index (χ1) is 13.4. The minimum absolute atomic E-state index is 0.0540. The zero-order valence-corrected chi connectivity index (χ0v) is 16.1. The maximum atomic E-state index is 13.1. The van der Waals surface area contributed by atoms with E-state index in [2.05, 4.69) is 31.0 Å². The van der Waals surface area contributed by atoms with E-state index in [1.165, 1.54) is 24.5 Å². The molecule has 2 aromatic heterocycles. The molecule has 1 aromatic carbocycles. The summed E-state index contributed by atoms with van der Waals surface area (Å²) in [5.41, 5.74) is 2.28. The average Bonchev–Trinajstić information content (AvgIpc) is 3.00. The molecule has 0 radical (unpaired) electrons. The van der Waals surface area contributed by atoms with Crippen LogP contribution >= 0.6 is 11.6 Å². The smallest absolute Gasteiger partial charge is 0.319 e. The van der Waals surface area contributed by atoms with E-state index in [4.69, 9.17) is 11.6 Å². The van der Waals surface area contributed by atoms with Crippen molar-refractivity contribution in [2.24, 2.45) is 0 Å². The third-order valence-corrected chi connectivity index (χ3v) is 4.06. The lowest BCUT2D eigenvalue weighted by Gasteiger charge is -2.10. The second-order valence-electron chi connectivity index (χ2n) is 6.04. The summed E-state index contributed by atoms with van der Waals surface area (Å²) >= 11 is 5.69. The number of nitrogens with one attached hydrogen (secondary N) is 3. The molecule has 0 saturated carbocycles. The Morgan fingerprint density at radius 1 is 1.18 bits per heavy atom. The summed E-state index contributed by atoms with van der Waals surface area (Å²) in [7, 11) is 0. The molecule has 0 aliphatic carbocycles. The van der Waals surface area contributed by atoms with Gasteiger partial charge in [0.25, 0.3) is 0 Å². The maximum Gasteiger partial charge on any atom is 0.319 e. The Morgan fingerprint density at radius 2 is 2.00 bits per heavy atom. The van der Waals surface area contributed by atoms with Gasteiger partial charge in [-0.1, -0.05) is 11.6 Å². The molecule has 3 N–H and O–H groups in total. The molecule has 0 bridgehead atoms. The molecule has 3 rings (SSSR count). The van der Waals surface area contributed by atoms with Gasteiger partial charge in [-0.15, -0.1) is 0 Å². The highest BCUT2D eigenvalue weighted by atomic mass is 35.5. The molecular formula is C18H19ClFN7O. The van der Waals surface area contributed by atoms with Crippen LogP contribution in [0, 0.1) is 19.7 Å². The molecule has 0 aliphatic rings. The minimum Gasteiger partial charge on any atom is -0.368 e. The predicted molar refractivity (Wildman–Crippen MR) is 106 cm³/mol. The van der Waals surface area contributed by atoms with Crippen molar-refractivity contribution >= 4 is 29.1 Å². The first-order valence-electron chi connectivity index (χ1n) is 8.52. The van der Waals surface area contributed by atoms with Crippen molar-refractivity contribution < 1.29 is 9.18 Å². The molecule has 0 unspecified atom stereocenters. The van der Waals surface area contributed by atoms with Crippen LogP contribution in [-0.4, -0.2) is 38.9 Å². The van der Waals surface area contributed by atoms with Crippen molar-refractivity contribution in [2.45, 2.75) is 13.8 Å². The summed E-state index contributed by atoms with van der Waals surface area (Å²) in [5, 5.41) is 12.7. The zero-order valence-electron chi connectivity index (χ0n) is 15.3. The first kappa shape index (κ1) is 19.6. The van der Waals surface area contributed by atoms with Gasteiger partial charge in [0.2, 0.25) is 0 Å². The number of anilines is 2. The molecule has 2 heterocycles. The number of hydrogen-bond donors (Lipinski definition) is 3. The number of urea groups is 1. The van der Waals surface area contributed by atoms with E-state index in [1.807, 2.05) is 19.9 Å². The van der Waals surface area contributed by atoms with Gasteiger partial charge in [-0.05, 0) is 38.1 Å². The lowest BCUT2D eigenvalue weighted by Crippen LogP contribution is -2.32. The van der Waals surface area contributed by atoms with Gasteiger partial charge in [-0.25, -0.2) is 23.8 Å². The highest BCUT2D eigenvalue weighted by molar-refractivity contribution is 6.31. The van der Waals surface area contributed by atoms with Crippen molar-refractivity contribution in [3.63, 3.8) is 0 Å². The average molecular weight is 404 g/mol. The summed E-state index contributed by atoms with van der Waals surface area (Å²) in [4.78, 5) is 20.3. The van der Waals surface area contributed by atoms with Crippen LogP contribution in [0.25, 0.3) is 5.82 Å². The first-order valence-corrected chi connectivity index (χ1v) is 8.89. The molecule has 28 heavy (non-hydrogen) atoms. The van der Waals surface area contributed by atoms with Gasteiger partial charge in [0, 0.05) is 30.5 Å². The molecule has 0 atom stereocenters. The van der Waals surface area contributed by atoms with Crippen LogP contribution in [0.2, 0.25) is 5.02 Å². The molecule has 0 aliphatic heterocycles. The Bertz CT molecular complexity index is 992. The number of aryl methyl sites for hydroxylation is 2. The normalized spacial score (nSPS) is 10.6. The van der Waals surface area contributed by atoms with Crippen LogP contribution in [0.1, 0.15) is 11.4 Å². The van der Waals surface area contributed by atoms with Crippen LogP contribution in [0.4, 0.5) is 20.7 Å². The Labute approximate surface area is 166 Å². The second-order valence-corrected chi connectivity index (χ2v) is 6.44.